The molecule has 6 nitrogen and oxygen atoms in total. The van der Waals surface area contributed by atoms with Gasteiger partial charge in [-0.15, -0.1) is 0 Å². The van der Waals surface area contributed by atoms with Crippen molar-refractivity contribution in [2.45, 2.75) is 0 Å². The normalized spacial score (nSPS) is 10.3. The van der Waals surface area contributed by atoms with Crippen LogP contribution in [0.5, 0.6) is 11.5 Å². The first-order chi connectivity index (χ1) is 14.0. The molecule has 0 aliphatic carbocycles. The summed E-state index contributed by atoms with van der Waals surface area (Å²) < 4.78 is 10.5. The molecule has 0 spiro atoms. The van der Waals surface area contributed by atoms with E-state index < -0.39 is 5.91 Å². The number of rotatable bonds is 7. The quantitative estimate of drug-likeness (QED) is 0.612. The highest BCUT2D eigenvalue weighted by Gasteiger charge is 2.17. The van der Waals surface area contributed by atoms with Crippen molar-refractivity contribution >= 4 is 29.1 Å². The smallest absolute Gasteiger partial charge is 0.255 e. The molecule has 3 rings (SSSR count). The van der Waals surface area contributed by atoms with Gasteiger partial charge < -0.3 is 20.5 Å². The zero-order chi connectivity index (χ0) is 20.8. The van der Waals surface area contributed by atoms with E-state index in [0.29, 0.717) is 5.69 Å². The highest BCUT2D eigenvalue weighted by Crippen LogP contribution is 2.36. The number of hydrogen-bond donors (Lipinski definition) is 2. The number of carbonyl (C=O) groups is 2. The maximum absolute atomic E-state index is 12.6. The molecule has 0 fully saturated rings. The Kier molecular flexibility index (Phi) is 6.36. The van der Waals surface area contributed by atoms with Crippen LogP contribution in [0.3, 0.4) is 0 Å². The molecule has 3 N–H and O–H groups in total. The predicted octanol–water partition coefficient (Wildman–Crippen LogP) is 4.13. The molecule has 2 amide bonds. The number of anilines is 1. The summed E-state index contributed by atoms with van der Waals surface area (Å²) in [6.45, 7) is -0.352. The molecule has 148 valence electrons. The lowest BCUT2D eigenvalue weighted by molar-refractivity contribution is -0.119. The average molecular weight is 411 g/mol. The number of primary amides is 1. The molecule has 7 heteroatoms. The van der Waals surface area contributed by atoms with E-state index in [0.717, 1.165) is 11.1 Å². The van der Waals surface area contributed by atoms with Crippen LogP contribution in [0.25, 0.3) is 11.1 Å². The van der Waals surface area contributed by atoms with Crippen molar-refractivity contribution in [3.8, 4) is 22.6 Å². The van der Waals surface area contributed by atoms with Crippen molar-refractivity contribution in [3.63, 3.8) is 0 Å². The minimum absolute atomic E-state index is 0.134. The van der Waals surface area contributed by atoms with Gasteiger partial charge >= 0.3 is 0 Å². The van der Waals surface area contributed by atoms with Gasteiger partial charge in [0.15, 0.2) is 18.1 Å². The summed E-state index contributed by atoms with van der Waals surface area (Å²) in [5, 5.41) is 2.95. The molecule has 0 atom stereocenters. The Hall–Kier alpha value is -3.51. The minimum atomic E-state index is -0.649. The molecule has 0 unspecified atom stereocenters. The van der Waals surface area contributed by atoms with Gasteiger partial charge in [0.25, 0.3) is 11.8 Å². The topological polar surface area (TPSA) is 90.7 Å². The molecule has 0 radical (unpaired) electrons. The summed E-state index contributed by atoms with van der Waals surface area (Å²) in [5.41, 5.74) is 8.14. The fourth-order valence-electron chi connectivity index (χ4n) is 2.71. The maximum Gasteiger partial charge on any atom is 0.255 e. The number of ether oxygens (including phenoxy) is 2. The van der Waals surface area contributed by atoms with Gasteiger partial charge in [-0.1, -0.05) is 54.1 Å². The SMILES string of the molecule is COc1cc(C(=O)Nc2ccc(-c3ccccc3)cc2)cc(Cl)c1OCC(N)=O. The molecular formula is C22H19ClN2O4. The van der Waals surface area contributed by atoms with E-state index >= 15 is 0 Å². The van der Waals surface area contributed by atoms with Crippen LogP contribution < -0.4 is 20.5 Å². The van der Waals surface area contributed by atoms with Gasteiger partial charge in [-0.05, 0) is 35.4 Å². The summed E-state index contributed by atoms with van der Waals surface area (Å²) in [4.78, 5) is 23.6. The van der Waals surface area contributed by atoms with E-state index in [1.54, 1.807) is 0 Å². The van der Waals surface area contributed by atoms with Crippen LogP contribution in [0, 0.1) is 0 Å². The fourth-order valence-corrected chi connectivity index (χ4v) is 2.98. The van der Waals surface area contributed by atoms with Crippen LogP contribution in [0.4, 0.5) is 5.69 Å². The Morgan fingerprint density at radius 3 is 2.28 bits per heavy atom. The van der Waals surface area contributed by atoms with Crippen LogP contribution in [0.15, 0.2) is 66.7 Å². The Bertz CT molecular complexity index is 1020. The van der Waals surface area contributed by atoms with Gasteiger partial charge in [-0.2, -0.15) is 0 Å². The molecule has 0 saturated heterocycles. The van der Waals surface area contributed by atoms with E-state index in [9.17, 15) is 9.59 Å². The summed E-state index contributed by atoms with van der Waals surface area (Å²) in [5.74, 6) is -0.636. The van der Waals surface area contributed by atoms with Gasteiger partial charge in [0.05, 0.1) is 12.1 Å². The van der Waals surface area contributed by atoms with Crippen LogP contribution in [0.1, 0.15) is 10.4 Å². The van der Waals surface area contributed by atoms with Crippen molar-refractivity contribution in [1.82, 2.24) is 0 Å². The molecule has 29 heavy (non-hydrogen) atoms. The van der Waals surface area contributed by atoms with Gasteiger partial charge in [0, 0.05) is 11.3 Å². The molecule has 0 aromatic heterocycles. The highest BCUT2D eigenvalue weighted by molar-refractivity contribution is 6.32. The van der Waals surface area contributed by atoms with Gasteiger partial charge in [-0.3, -0.25) is 9.59 Å². The predicted molar refractivity (Wildman–Crippen MR) is 113 cm³/mol. The number of carbonyl (C=O) groups excluding carboxylic acids is 2. The van der Waals surface area contributed by atoms with Gasteiger partial charge in [0.1, 0.15) is 0 Å². The van der Waals surface area contributed by atoms with Crippen molar-refractivity contribution in [2.75, 3.05) is 19.0 Å². The number of amides is 2. The Morgan fingerprint density at radius 1 is 1.00 bits per heavy atom. The Balaban J connectivity index is 1.76. The molecule has 3 aromatic carbocycles. The highest BCUT2D eigenvalue weighted by atomic mass is 35.5. The number of benzene rings is 3. The average Bonchev–Trinajstić information content (AvgIpc) is 2.73. The van der Waals surface area contributed by atoms with Crippen molar-refractivity contribution in [1.29, 1.82) is 0 Å². The standard InChI is InChI=1S/C22H19ClN2O4/c1-28-19-12-16(11-18(23)21(19)29-13-20(24)26)22(27)25-17-9-7-15(8-10-17)14-5-3-2-4-6-14/h2-12H,13H2,1H3,(H2,24,26)(H,25,27). The van der Waals surface area contributed by atoms with Crippen molar-refractivity contribution in [3.05, 3.63) is 77.3 Å². The first-order valence-corrected chi connectivity index (χ1v) is 9.11. The number of halogens is 1. The Labute approximate surface area is 173 Å². The molecule has 0 bridgehead atoms. The molecule has 3 aromatic rings. The molecule has 0 saturated carbocycles. The van der Waals surface area contributed by atoms with Crippen LogP contribution in [-0.2, 0) is 4.79 Å². The van der Waals surface area contributed by atoms with Crippen LogP contribution >= 0.6 is 11.6 Å². The van der Waals surface area contributed by atoms with Crippen LogP contribution in [-0.4, -0.2) is 25.5 Å². The lowest BCUT2D eigenvalue weighted by Gasteiger charge is -2.13. The number of nitrogens with two attached hydrogens (primary N) is 1. The minimum Gasteiger partial charge on any atom is -0.493 e. The monoisotopic (exact) mass is 410 g/mol. The van der Waals surface area contributed by atoms with E-state index in [4.69, 9.17) is 26.8 Å². The zero-order valence-electron chi connectivity index (χ0n) is 15.6. The first-order valence-electron chi connectivity index (χ1n) is 8.73. The number of methoxy groups -OCH3 is 1. The molecule has 0 aliphatic rings. The summed E-state index contributed by atoms with van der Waals surface area (Å²) in [6.07, 6.45) is 0. The fraction of sp³-hybridized carbons (Fsp3) is 0.0909. The van der Waals surface area contributed by atoms with E-state index in [1.165, 1.54) is 19.2 Å². The lowest BCUT2D eigenvalue weighted by Crippen LogP contribution is -2.20. The Morgan fingerprint density at radius 2 is 1.66 bits per heavy atom. The summed E-state index contributed by atoms with van der Waals surface area (Å²) >= 11 is 6.20. The zero-order valence-corrected chi connectivity index (χ0v) is 16.4. The van der Waals surface area contributed by atoms with Gasteiger partial charge in [0.2, 0.25) is 0 Å². The second-order valence-electron chi connectivity index (χ2n) is 6.14. The van der Waals surface area contributed by atoms with Gasteiger partial charge in [-0.25, -0.2) is 0 Å². The van der Waals surface area contributed by atoms with E-state index in [1.807, 2.05) is 54.6 Å². The van der Waals surface area contributed by atoms with E-state index in [-0.39, 0.29) is 34.6 Å². The molecule has 0 heterocycles. The largest absolute Gasteiger partial charge is 0.493 e. The summed E-state index contributed by atoms with van der Waals surface area (Å²) in [6, 6.07) is 20.4. The maximum atomic E-state index is 12.6. The number of nitrogens with one attached hydrogen (secondary N) is 1. The van der Waals surface area contributed by atoms with Crippen LogP contribution in [0.2, 0.25) is 5.02 Å². The van der Waals surface area contributed by atoms with Crippen molar-refractivity contribution in [2.24, 2.45) is 5.73 Å². The second-order valence-corrected chi connectivity index (χ2v) is 6.55. The third-order valence-corrected chi connectivity index (χ3v) is 4.38. The van der Waals surface area contributed by atoms with E-state index in [2.05, 4.69) is 5.32 Å². The molecule has 0 aliphatic heterocycles. The molecular weight excluding hydrogens is 392 g/mol. The first kappa shape index (κ1) is 20.2. The third-order valence-electron chi connectivity index (χ3n) is 4.10. The third kappa shape index (κ3) is 5.06. The number of hydrogen-bond acceptors (Lipinski definition) is 4. The second kappa shape index (κ2) is 9.12. The van der Waals surface area contributed by atoms with Crippen molar-refractivity contribution < 1.29 is 19.1 Å². The summed E-state index contributed by atoms with van der Waals surface area (Å²) in [7, 11) is 1.41. The lowest BCUT2D eigenvalue weighted by atomic mass is 10.1.